The first-order valence-electron chi connectivity index (χ1n) is 8.88. The molecule has 9 heteroatoms. The third kappa shape index (κ3) is 2.77. The number of morpholine rings is 1. The van der Waals surface area contributed by atoms with Gasteiger partial charge in [-0.2, -0.15) is 4.31 Å². The number of carbonyl (C=O) groups excluding carboxylic acids is 1. The number of aryl methyl sites for hydroxylation is 1. The van der Waals surface area contributed by atoms with Crippen LogP contribution in [0.2, 0.25) is 0 Å². The molecule has 1 aromatic rings. The predicted octanol–water partition coefficient (Wildman–Crippen LogP) is 0.147. The molecular weight excluding hydrogens is 358 g/mol. The Hall–Kier alpha value is -1.42. The van der Waals surface area contributed by atoms with Crippen LogP contribution in [0.1, 0.15) is 22.7 Å². The maximum Gasteiger partial charge on any atom is 0.289 e. The summed E-state index contributed by atoms with van der Waals surface area (Å²) in [6.45, 7) is 3.88. The Kier molecular flexibility index (Phi) is 4.18. The van der Waals surface area contributed by atoms with Crippen LogP contribution in [0.4, 0.5) is 0 Å². The summed E-state index contributed by atoms with van der Waals surface area (Å²) in [6.07, 6.45) is 0.210. The Labute approximate surface area is 153 Å². The zero-order chi connectivity index (χ0) is 18.7. The minimum absolute atomic E-state index is 0.199. The fourth-order valence-electron chi connectivity index (χ4n) is 4.32. The highest BCUT2D eigenvalue weighted by atomic mass is 32.2. The smallest absolute Gasteiger partial charge is 0.289 e. The van der Waals surface area contributed by atoms with Gasteiger partial charge >= 0.3 is 0 Å². The van der Waals surface area contributed by atoms with Gasteiger partial charge in [0.25, 0.3) is 5.91 Å². The molecule has 3 fully saturated rings. The summed E-state index contributed by atoms with van der Waals surface area (Å²) in [7, 11) is 0.422. The topological polar surface area (TPSA) is 83.3 Å². The number of hydrogen-bond acceptors (Lipinski definition) is 6. The number of likely N-dealkylation sites (N-methyl/N-ethyl adjacent to an activating group) is 1. The SMILES string of the molecule is Cc1ccc(C(=O)N2C[C@H]3C[C@H]4[C@](C2)(CN(CCN(C)C)S4(=O)=O)O3)o1. The van der Waals surface area contributed by atoms with Crippen LogP contribution < -0.4 is 0 Å². The lowest BCUT2D eigenvalue weighted by atomic mass is 9.99. The second kappa shape index (κ2) is 6.05. The van der Waals surface area contributed by atoms with Gasteiger partial charge in [-0.3, -0.25) is 4.79 Å². The molecule has 4 heterocycles. The van der Waals surface area contributed by atoms with Crippen molar-refractivity contribution in [3.8, 4) is 0 Å². The van der Waals surface area contributed by atoms with Gasteiger partial charge in [0.1, 0.15) is 16.6 Å². The molecule has 8 nitrogen and oxygen atoms in total. The summed E-state index contributed by atoms with van der Waals surface area (Å²) >= 11 is 0. The van der Waals surface area contributed by atoms with E-state index < -0.39 is 20.9 Å². The maximum atomic E-state index is 13.0. The molecule has 0 saturated carbocycles. The molecule has 2 bridgehead atoms. The van der Waals surface area contributed by atoms with Crippen molar-refractivity contribution in [1.82, 2.24) is 14.1 Å². The van der Waals surface area contributed by atoms with Crippen LogP contribution in [0.5, 0.6) is 0 Å². The lowest BCUT2D eigenvalue weighted by Crippen LogP contribution is -2.56. The molecule has 0 N–H and O–H groups in total. The van der Waals surface area contributed by atoms with Gasteiger partial charge in [0.05, 0.1) is 12.6 Å². The summed E-state index contributed by atoms with van der Waals surface area (Å²) in [5.74, 6) is 0.775. The Bertz CT molecular complexity index is 820. The van der Waals surface area contributed by atoms with Crippen LogP contribution in [0.25, 0.3) is 0 Å². The van der Waals surface area contributed by atoms with Gasteiger partial charge in [-0.25, -0.2) is 8.42 Å². The molecule has 144 valence electrons. The molecule has 3 saturated heterocycles. The van der Waals surface area contributed by atoms with E-state index in [-0.39, 0.29) is 18.6 Å². The Balaban J connectivity index is 1.57. The van der Waals surface area contributed by atoms with E-state index in [1.807, 2.05) is 19.0 Å². The summed E-state index contributed by atoms with van der Waals surface area (Å²) in [5.41, 5.74) is -0.828. The van der Waals surface area contributed by atoms with Crippen molar-refractivity contribution in [2.45, 2.75) is 30.3 Å². The molecule has 26 heavy (non-hydrogen) atoms. The fraction of sp³-hybridized carbons (Fsp3) is 0.706. The molecular formula is C17H25N3O5S. The lowest BCUT2D eigenvalue weighted by molar-refractivity contribution is -0.0981. The first-order chi connectivity index (χ1) is 12.2. The molecule has 3 atom stereocenters. The van der Waals surface area contributed by atoms with Crippen LogP contribution in [0.15, 0.2) is 16.5 Å². The number of hydrogen-bond donors (Lipinski definition) is 0. The van der Waals surface area contributed by atoms with Crippen LogP contribution in [0.3, 0.4) is 0 Å². The van der Waals surface area contributed by atoms with Crippen LogP contribution >= 0.6 is 0 Å². The van der Waals surface area contributed by atoms with E-state index >= 15 is 0 Å². The van der Waals surface area contributed by atoms with Gasteiger partial charge in [0.2, 0.25) is 10.0 Å². The number of carbonyl (C=O) groups is 1. The fourth-order valence-corrected chi connectivity index (χ4v) is 6.62. The van der Waals surface area contributed by atoms with Gasteiger partial charge in [-0.15, -0.1) is 0 Å². The van der Waals surface area contributed by atoms with Gasteiger partial charge < -0.3 is 19.0 Å². The van der Waals surface area contributed by atoms with Crippen molar-refractivity contribution in [3.63, 3.8) is 0 Å². The zero-order valence-corrected chi connectivity index (χ0v) is 16.2. The van der Waals surface area contributed by atoms with Crippen LogP contribution in [-0.2, 0) is 14.8 Å². The van der Waals surface area contributed by atoms with E-state index in [0.717, 1.165) is 0 Å². The van der Waals surface area contributed by atoms with Gasteiger partial charge in [0.15, 0.2) is 5.76 Å². The van der Waals surface area contributed by atoms with E-state index in [1.165, 1.54) is 4.31 Å². The average Bonchev–Trinajstić information content (AvgIpc) is 3.16. The molecule has 1 amide bonds. The van der Waals surface area contributed by atoms with Crippen molar-refractivity contribution < 1.29 is 22.4 Å². The number of fused-ring (bicyclic) bond motifs is 1. The number of amides is 1. The van der Waals surface area contributed by atoms with Crippen molar-refractivity contribution >= 4 is 15.9 Å². The van der Waals surface area contributed by atoms with Crippen LogP contribution in [0, 0.1) is 6.92 Å². The van der Waals surface area contributed by atoms with E-state index in [2.05, 4.69) is 0 Å². The van der Waals surface area contributed by atoms with Crippen molar-refractivity contribution in [2.24, 2.45) is 0 Å². The van der Waals surface area contributed by atoms with Gasteiger partial charge in [-0.1, -0.05) is 0 Å². The first kappa shape index (κ1) is 18.0. The van der Waals surface area contributed by atoms with Crippen molar-refractivity contribution in [2.75, 3.05) is 46.8 Å². The van der Waals surface area contributed by atoms with Crippen LogP contribution in [-0.4, -0.2) is 92.2 Å². The Morgan fingerprint density at radius 3 is 2.77 bits per heavy atom. The third-order valence-corrected chi connectivity index (χ3v) is 7.92. The monoisotopic (exact) mass is 383 g/mol. The van der Waals surface area contributed by atoms with E-state index in [9.17, 15) is 13.2 Å². The summed E-state index contributed by atoms with van der Waals surface area (Å²) in [5, 5.41) is -0.571. The lowest BCUT2D eigenvalue weighted by Gasteiger charge is -2.39. The summed E-state index contributed by atoms with van der Waals surface area (Å²) < 4.78 is 39.1. The normalized spacial score (nSPS) is 33.0. The summed E-state index contributed by atoms with van der Waals surface area (Å²) in [6, 6.07) is 3.42. The number of likely N-dealkylation sites (tertiary alicyclic amines) is 1. The number of rotatable bonds is 4. The average molecular weight is 383 g/mol. The number of furan rings is 1. The third-order valence-electron chi connectivity index (χ3n) is 5.55. The molecule has 1 aromatic heterocycles. The zero-order valence-electron chi connectivity index (χ0n) is 15.3. The van der Waals surface area contributed by atoms with E-state index in [0.29, 0.717) is 44.1 Å². The minimum atomic E-state index is -3.41. The standard InChI is InChI=1S/C17H25N3O5S/c1-12-4-5-14(24-12)16(21)19-9-13-8-15-17(10-19,25-13)11-20(26(15,22)23)7-6-18(2)3/h4-5,13,15H,6-11H2,1-3H3/t13-,15+,17+/m1/s1. The summed E-state index contributed by atoms with van der Waals surface area (Å²) in [4.78, 5) is 16.4. The largest absolute Gasteiger partial charge is 0.456 e. The van der Waals surface area contributed by atoms with Crippen molar-refractivity contribution in [3.05, 3.63) is 23.7 Å². The molecule has 3 aliphatic rings. The minimum Gasteiger partial charge on any atom is -0.456 e. The second-order valence-electron chi connectivity index (χ2n) is 7.81. The molecule has 0 aliphatic carbocycles. The number of nitrogens with zero attached hydrogens (tertiary/aromatic N) is 3. The molecule has 1 spiro atoms. The highest BCUT2D eigenvalue weighted by Gasteiger charge is 2.65. The van der Waals surface area contributed by atoms with Gasteiger partial charge in [0, 0.05) is 26.2 Å². The number of ether oxygens (including phenoxy) is 1. The molecule has 0 radical (unpaired) electrons. The molecule has 4 rings (SSSR count). The van der Waals surface area contributed by atoms with E-state index in [1.54, 1.807) is 24.0 Å². The number of sulfonamides is 1. The predicted molar refractivity (Wildman–Crippen MR) is 94.4 cm³/mol. The quantitative estimate of drug-likeness (QED) is 0.736. The maximum absolute atomic E-state index is 13.0. The van der Waals surface area contributed by atoms with Crippen molar-refractivity contribution in [1.29, 1.82) is 0 Å². The highest BCUT2D eigenvalue weighted by Crippen LogP contribution is 2.46. The first-order valence-corrected chi connectivity index (χ1v) is 10.4. The Morgan fingerprint density at radius 2 is 2.12 bits per heavy atom. The molecule has 3 aliphatic heterocycles. The Morgan fingerprint density at radius 1 is 1.35 bits per heavy atom. The molecule has 0 unspecified atom stereocenters. The van der Waals surface area contributed by atoms with Gasteiger partial charge in [-0.05, 0) is 39.6 Å². The molecule has 0 aromatic carbocycles. The van der Waals surface area contributed by atoms with E-state index in [4.69, 9.17) is 9.15 Å². The highest BCUT2D eigenvalue weighted by molar-refractivity contribution is 7.90. The second-order valence-corrected chi connectivity index (χ2v) is 9.92.